The van der Waals surface area contributed by atoms with Crippen LogP contribution in [0.4, 0.5) is 17.6 Å². The summed E-state index contributed by atoms with van der Waals surface area (Å²) in [5, 5.41) is 11.4. The third-order valence-electron chi connectivity index (χ3n) is 5.45. The van der Waals surface area contributed by atoms with E-state index in [0.717, 1.165) is 0 Å². The van der Waals surface area contributed by atoms with E-state index >= 15 is 0 Å². The fraction of sp³-hybridized carbons (Fsp3) is 0.455. The standard InChI is InChI=1S/C22H24F4N4O4/c1-12-7-14(9-29-19(12)34-11-22(25,26)21(23)24)13(2)30-10-16-15(20(30)33)3-4-27-17(16)8-18(32)28-5-6-31/h3-4,7,9,13,21,31H,5-6,8,10-11H2,1-2H3,(H,28,32). The smallest absolute Gasteiger partial charge is 0.340 e. The molecule has 34 heavy (non-hydrogen) atoms. The molecule has 2 amide bonds. The lowest BCUT2D eigenvalue weighted by Crippen LogP contribution is -2.34. The molecule has 12 heteroatoms. The van der Waals surface area contributed by atoms with Crippen LogP contribution in [0.25, 0.3) is 0 Å². The number of nitrogens with one attached hydrogen (secondary N) is 1. The number of carbonyl (C=O) groups is 2. The molecule has 3 heterocycles. The summed E-state index contributed by atoms with van der Waals surface area (Å²) >= 11 is 0. The highest BCUT2D eigenvalue weighted by Gasteiger charge is 2.42. The Kier molecular flexibility index (Phi) is 7.70. The van der Waals surface area contributed by atoms with Crippen LogP contribution in [0, 0.1) is 6.92 Å². The number of aliphatic hydroxyl groups is 1. The van der Waals surface area contributed by atoms with Crippen LogP contribution in [0.5, 0.6) is 5.88 Å². The van der Waals surface area contributed by atoms with Gasteiger partial charge in [-0.15, -0.1) is 0 Å². The average molecular weight is 484 g/mol. The maximum atomic E-state index is 13.1. The van der Waals surface area contributed by atoms with Crippen molar-refractivity contribution in [2.24, 2.45) is 0 Å². The van der Waals surface area contributed by atoms with Gasteiger partial charge in [0.25, 0.3) is 5.91 Å². The number of rotatable bonds is 10. The third-order valence-corrected chi connectivity index (χ3v) is 5.45. The number of amides is 2. The van der Waals surface area contributed by atoms with Crippen LogP contribution in [-0.2, 0) is 17.8 Å². The number of aryl methyl sites for hydroxylation is 1. The molecule has 1 aliphatic rings. The summed E-state index contributed by atoms with van der Waals surface area (Å²) in [6, 6.07) is 2.69. The van der Waals surface area contributed by atoms with E-state index in [0.29, 0.717) is 27.9 Å². The molecule has 0 spiro atoms. The lowest BCUT2D eigenvalue weighted by molar-refractivity contribution is -0.148. The SMILES string of the molecule is Cc1cc(C(C)N2Cc3c(ccnc3CC(=O)NCCO)C2=O)cnc1OCC(F)(F)C(F)F. The molecule has 184 valence electrons. The van der Waals surface area contributed by atoms with Crippen LogP contribution in [-0.4, -0.2) is 63.9 Å². The van der Waals surface area contributed by atoms with E-state index in [9.17, 15) is 27.2 Å². The predicted molar refractivity (Wildman–Crippen MR) is 112 cm³/mol. The lowest BCUT2D eigenvalue weighted by Gasteiger charge is -2.25. The number of alkyl halides is 4. The quantitative estimate of drug-likeness (QED) is 0.502. The summed E-state index contributed by atoms with van der Waals surface area (Å²) in [7, 11) is 0. The Hall–Kier alpha value is -3.28. The minimum absolute atomic E-state index is 0.0470. The van der Waals surface area contributed by atoms with Gasteiger partial charge >= 0.3 is 12.3 Å². The van der Waals surface area contributed by atoms with Crippen LogP contribution in [0.1, 0.15) is 45.7 Å². The zero-order valence-electron chi connectivity index (χ0n) is 18.5. The van der Waals surface area contributed by atoms with Crippen molar-refractivity contribution in [3.05, 3.63) is 52.5 Å². The molecule has 0 aromatic carbocycles. The number of ether oxygens (including phenoxy) is 1. The Balaban J connectivity index is 1.74. The van der Waals surface area contributed by atoms with Crippen molar-refractivity contribution in [1.82, 2.24) is 20.2 Å². The Labute approximate surface area is 193 Å². The largest absolute Gasteiger partial charge is 0.471 e. The summed E-state index contributed by atoms with van der Waals surface area (Å²) in [5.74, 6) is -5.10. The minimum atomic E-state index is -4.30. The van der Waals surface area contributed by atoms with Crippen molar-refractivity contribution in [3.63, 3.8) is 0 Å². The number of aromatic nitrogens is 2. The van der Waals surface area contributed by atoms with Gasteiger partial charge in [-0.1, -0.05) is 0 Å². The number of carbonyl (C=O) groups excluding carboxylic acids is 2. The molecule has 0 saturated heterocycles. The second kappa shape index (κ2) is 10.3. The molecule has 1 unspecified atom stereocenters. The minimum Gasteiger partial charge on any atom is -0.471 e. The Bertz CT molecular complexity index is 1070. The van der Waals surface area contributed by atoms with Crippen molar-refractivity contribution in [2.45, 2.75) is 45.2 Å². The van der Waals surface area contributed by atoms with E-state index in [-0.39, 0.29) is 43.8 Å². The molecule has 1 aliphatic heterocycles. The van der Waals surface area contributed by atoms with E-state index in [1.165, 1.54) is 19.3 Å². The zero-order valence-corrected chi connectivity index (χ0v) is 18.5. The monoisotopic (exact) mass is 484 g/mol. The molecule has 0 fully saturated rings. The van der Waals surface area contributed by atoms with E-state index in [2.05, 4.69) is 15.3 Å². The molecule has 0 aliphatic carbocycles. The molecule has 3 rings (SSSR count). The fourth-order valence-electron chi connectivity index (χ4n) is 3.56. The fourth-order valence-corrected chi connectivity index (χ4v) is 3.56. The first-order chi connectivity index (χ1) is 16.0. The van der Waals surface area contributed by atoms with Gasteiger partial charge in [-0.2, -0.15) is 8.78 Å². The predicted octanol–water partition coefficient (Wildman–Crippen LogP) is 2.43. The summed E-state index contributed by atoms with van der Waals surface area (Å²) in [5.41, 5.74) is 2.43. The van der Waals surface area contributed by atoms with Gasteiger partial charge in [0.2, 0.25) is 11.8 Å². The van der Waals surface area contributed by atoms with Gasteiger partial charge in [0.05, 0.1) is 24.8 Å². The number of pyridine rings is 2. The normalized spacial score (nSPS) is 14.4. The van der Waals surface area contributed by atoms with E-state index in [1.54, 1.807) is 24.0 Å². The number of halogens is 4. The number of nitrogens with zero attached hydrogens (tertiary/aromatic N) is 3. The first-order valence-corrected chi connectivity index (χ1v) is 10.5. The van der Waals surface area contributed by atoms with E-state index < -0.39 is 25.0 Å². The summed E-state index contributed by atoms with van der Waals surface area (Å²) < 4.78 is 55.7. The number of aliphatic hydroxyl groups excluding tert-OH is 1. The molecule has 0 saturated carbocycles. The van der Waals surface area contributed by atoms with Crippen LogP contribution in [0.3, 0.4) is 0 Å². The van der Waals surface area contributed by atoms with E-state index in [4.69, 9.17) is 9.84 Å². The maximum absolute atomic E-state index is 13.1. The van der Waals surface area contributed by atoms with Gasteiger partial charge in [-0.3, -0.25) is 14.6 Å². The highest BCUT2D eigenvalue weighted by atomic mass is 19.3. The molecule has 8 nitrogen and oxygen atoms in total. The van der Waals surface area contributed by atoms with Crippen LogP contribution >= 0.6 is 0 Å². The van der Waals surface area contributed by atoms with Gasteiger partial charge < -0.3 is 20.1 Å². The van der Waals surface area contributed by atoms with Crippen molar-refractivity contribution < 1.29 is 37.0 Å². The molecule has 0 radical (unpaired) electrons. The molecule has 1 atom stereocenters. The summed E-state index contributed by atoms with van der Waals surface area (Å²) in [6.07, 6.45) is -1.11. The molecule has 2 aromatic rings. The topological polar surface area (TPSA) is 105 Å². The first kappa shape index (κ1) is 25.3. The molecule has 2 N–H and O–H groups in total. The van der Waals surface area contributed by atoms with Crippen LogP contribution < -0.4 is 10.1 Å². The van der Waals surface area contributed by atoms with Crippen molar-refractivity contribution >= 4 is 11.8 Å². The maximum Gasteiger partial charge on any atom is 0.340 e. The highest BCUT2D eigenvalue weighted by Crippen LogP contribution is 2.33. The van der Waals surface area contributed by atoms with Gasteiger partial charge in [0.15, 0.2) is 6.61 Å². The number of hydrogen-bond donors (Lipinski definition) is 2. The zero-order chi connectivity index (χ0) is 25.0. The Morgan fingerprint density at radius 1 is 1.35 bits per heavy atom. The Morgan fingerprint density at radius 2 is 2.09 bits per heavy atom. The average Bonchev–Trinajstić information content (AvgIpc) is 3.13. The second-order valence-electron chi connectivity index (χ2n) is 7.88. The van der Waals surface area contributed by atoms with Gasteiger partial charge in [-0.25, -0.2) is 13.8 Å². The second-order valence-corrected chi connectivity index (χ2v) is 7.88. The Morgan fingerprint density at radius 3 is 2.74 bits per heavy atom. The van der Waals surface area contributed by atoms with Crippen molar-refractivity contribution in [2.75, 3.05) is 19.8 Å². The van der Waals surface area contributed by atoms with Crippen LogP contribution in [0.15, 0.2) is 24.5 Å². The van der Waals surface area contributed by atoms with Crippen molar-refractivity contribution in [3.8, 4) is 5.88 Å². The lowest BCUT2D eigenvalue weighted by atomic mass is 10.1. The van der Waals surface area contributed by atoms with Gasteiger partial charge in [0.1, 0.15) is 0 Å². The van der Waals surface area contributed by atoms with Crippen LogP contribution in [0.2, 0.25) is 0 Å². The first-order valence-electron chi connectivity index (χ1n) is 10.5. The molecular weight excluding hydrogens is 460 g/mol. The number of fused-ring (bicyclic) bond motifs is 1. The summed E-state index contributed by atoms with van der Waals surface area (Å²) in [4.78, 5) is 34.8. The highest BCUT2D eigenvalue weighted by molar-refractivity contribution is 5.99. The van der Waals surface area contributed by atoms with E-state index in [1.807, 2.05) is 0 Å². The van der Waals surface area contributed by atoms with Crippen molar-refractivity contribution in [1.29, 1.82) is 0 Å². The van der Waals surface area contributed by atoms with Gasteiger partial charge in [0, 0.05) is 42.2 Å². The van der Waals surface area contributed by atoms with Gasteiger partial charge in [-0.05, 0) is 31.5 Å². The molecule has 0 bridgehead atoms. The molecular formula is C22H24F4N4O4. The molecule has 2 aromatic heterocycles. The third kappa shape index (κ3) is 5.44. The summed E-state index contributed by atoms with van der Waals surface area (Å²) in [6.45, 7) is 1.90. The number of hydrogen-bond acceptors (Lipinski definition) is 6.